The van der Waals surface area contributed by atoms with E-state index < -0.39 is 86.3 Å². The quantitative estimate of drug-likeness (QED) is 0.0631. The van der Waals surface area contributed by atoms with Crippen molar-refractivity contribution in [2.75, 3.05) is 6.54 Å². The van der Waals surface area contributed by atoms with Gasteiger partial charge in [-0.25, -0.2) is 0 Å². The Kier molecular flexibility index (Phi) is 14.0. The van der Waals surface area contributed by atoms with Crippen LogP contribution in [-0.2, 0) is 52.5 Å². The topological polar surface area (TPSA) is 240 Å². The van der Waals surface area contributed by atoms with Crippen molar-refractivity contribution in [2.45, 2.75) is 68.9 Å². The summed E-state index contributed by atoms with van der Waals surface area (Å²) in [4.78, 5) is 86.1. The van der Waals surface area contributed by atoms with Crippen molar-refractivity contribution >= 4 is 38.9 Å². The normalized spacial score (nSPS) is 13.7. The highest BCUT2D eigenvalue weighted by Gasteiger charge is 2.51. The minimum atomic E-state index is -5.85. The van der Waals surface area contributed by atoms with Crippen LogP contribution in [-0.4, -0.2) is 67.0 Å². The molecule has 266 valence electrons. The number of aliphatic carboxylic acids is 1. The Morgan fingerprint density at radius 1 is 0.729 bits per heavy atom. The van der Waals surface area contributed by atoms with E-state index >= 15 is 0 Å². The second-order valence-electron chi connectivity index (χ2n) is 10.7. The minimum absolute atomic E-state index is 0.0596. The van der Waals surface area contributed by atoms with Gasteiger partial charge in [-0.05, 0) is 17.5 Å². The molecule has 0 aromatic heterocycles. The van der Waals surface area contributed by atoms with Gasteiger partial charge in [0, 0.05) is 24.1 Å². The van der Waals surface area contributed by atoms with E-state index in [9.17, 15) is 51.0 Å². The highest BCUT2D eigenvalue weighted by Crippen LogP contribution is 2.60. The van der Waals surface area contributed by atoms with E-state index in [1.807, 2.05) is 6.92 Å². The maximum absolute atomic E-state index is 14.1. The molecule has 0 saturated heterocycles. The summed E-state index contributed by atoms with van der Waals surface area (Å²) in [7, 11) is -11.7. The first-order valence-electron chi connectivity index (χ1n) is 14.2. The van der Waals surface area contributed by atoms with Gasteiger partial charge in [0.1, 0.15) is 12.1 Å². The summed E-state index contributed by atoms with van der Waals surface area (Å²) in [5.41, 5.74) is -10.8. The summed E-state index contributed by atoms with van der Waals surface area (Å²) >= 11 is 0. The number of hydrogen-bond acceptors (Lipinski definition) is 6. The number of carboxylic acid groups (broad SMARTS) is 1. The summed E-state index contributed by atoms with van der Waals surface area (Å²) in [5, 5.41) is 16.4. The fourth-order valence-electron chi connectivity index (χ4n) is 4.24. The lowest BCUT2D eigenvalue weighted by atomic mass is 10.0. The van der Waals surface area contributed by atoms with E-state index in [0.717, 1.165) is 49.2 Å². The molecule has 0 bridgehead atoms. The summed E-state index contributed by atoms with van der Waals surface area (Å²) in [6, 6.07) is 3.73. The summed E-state index contributed by atoms with van der Waals surface area (Å²) < 4.78 is 78.3. The van der Waals surface area contributed by atoms with E-state index in [-0.39, 0.29) is 24.1 Å². The van der Waals surface area contributed by atoms with Crippen molar-refractivity contribution in [3.05, 3.63) is 70.8 Å². The SMILES string of the molecule is CCCCCNC(=O)[C@H](Cc1ccc(C(F)(F)P(=O)(O)O)cc1)NC(=O)C(CC(=O)O)NC(=O)Cc1ccc(C(F)(F)P(=O)(O)O)cc1. The Hall–Kier alpha value is -3.66. The van der Waals surface area contributed by atoms with Crippen LogP contribution in [0.4, 0.5) is 17.6 Å². The molecule has 0 radical (unpaired) electrons. The zero-order chi connectivity index (χ0) is 36.5. The lowest BCUT2D eigenvalue weighted by Gasteiger charge is -2.23. The number of rotatable bonds is 18. The fourth-order valence-corrected chi connectivity index (χ4v) is 5.21. The number of nitrogens with one attached hydrogen (secondary N) is 3. The zero-order valence-corrected chi connectivity index (χ0v) is 27.1. The molecule has 0 aliphatic heterocycles. The first-order chi connectivity index (χ1) is 22.1. The van der Waals surface area contributed by atoms with Gasteiger partial charge in [0.2, 0.25) is 17.7 Å². The van der Waals surface area contributed by atoms with Gasteiger partial charge in [-0.2, -0.15) is 17.6 Å². The van der Waals surface area contributed by atoms with Crippen molar-refractivity contribution in [3.8, 4) is 0 Å². The van der Waals surface area contributed by atoms with Crippen molar-refractivity contribution < 1.29 is 70.6 Å². The average molecular weight is 728 g/mol. The van der Waals surface area contributed by atoms with Gasteiger partial charge in [0.05, 0.1) is 12.8 Å². The molecule has 0 fully saturated rings. The number of unbranched alkanes of at least 4 members (excludes halogenated alkanes) is 2. The van der Waals surface area contributed by atoms with E-state index in [1.54, 1.807) is 0 Å². The molecule has 20 heteroatoms. The molecule has 0 aliphatic rings. The maximum atomic E-state index is 14.1. The Morgan fingerprint density at radius 2 is 1.21 bits per heavy atom. The van der Waals surface area contributed by atoms with Gasteiger partial charge in [0.15, 0.2) is 0 Å². The molecule has 14 nitrogen and oxygen atoms in total. The Bertz CT molecular complexity index is 1550. The van der Waals surface area contributed by atoms with Crippen molar-refractivity contribution in [1.82, 2.24) is 16.0 Å². The predicted molar refractivity (Wildman–Crippen MR) is 161 cm³/mol. The molecule has 0 spiro atoms. The predicted octanol–water partition coefficient (Wildman–Crippen LogP) is 2.68. The second kappa shape index (κ2) is 16.6. The second-order valence-corrected chi connectivity index (χ2v) is 14.0. The molecule has 8 N–H and O–H groups in total. The van der Waals surface area contributed by atoms with Crippen LogP contribution in [0.15, 0.2) is 48.5 Å². The van der Waals surface area contributed by atoms with E-state index in [2.05, 4.69) is 16.0 Å². The summed E-state index contributed by atoms with van der Waals surface area (Å²) in [5.74, 6) is -4.34. The third kappa shape index (κ3) is 11.2. The maximum Gasteiger partial charge on any atom is 0.399 e. The van der Waals surface area contributed by atoms with E-state index in [0.29, 0.717) is 18.6 Å². The molecular formula is C28H35F4N3O11P2. The standard InChI is InChI=1S/C28H35F4N3O11P2/c1-2-3-4-13-33-25(39)21(14-17-5-9-19(10-6-17)27(29,30)47(41,42)43)35-26(40)22(16-24(37)38)34-23(36)15-18-7-11-20(12-8-18)28(31,32)48(44,45)46/h5-12,21-22H,2-4,13-16H2,1H3,(H,33,39)(H,34,36)(H,35,40)(H,37,38)(H2,41,42,43)(H2,44,45,46)/t21-,22?/m0/s1. The van der Waals surface area contributed by atoms with Crippen LogP contribution in [0.3, 0.4) is 0 Å². The van der Waals surface area contributed by atoms with Crippen LogP contribution < -0.4 is 16.0 Å². The van der Waals surface area contributed by atoms with Crippen LogP contribution >= 0.6 is 15.2 Å². The largest absolute Gasteiger partial charge is 0.481 e. The summed E-state index contributed by atoms with van der Waals surface area (Å²) in [6.07, 6.45) is 0.285. The first-order valence-corrected chi connectivity index (χ1v) is 17.5. The number of alkyl halides is 4. The van der Waals surface area contributed by atoms with Crippen molar-refractivity contribution in [2.24, 2.45) is 0 Å². The average Bonchev–Trinajstić information content (AvgIpc) is 2.97. The van der Waals surface area contributed by atoms with Crippen molar-refractivity contribution in [1.29, 1.82) is 0 Å². The molecule has 2 rings (SSSR count). The molecule has 2 aromatic carbocycles. The number of amides is 3. The number of benzene rings is 2. The molecular weight excluding hydrogens is 692 g/mol. The van der Waals surface area contributed by atoms with E-state index in [4.69, 9.17) is 19.6 Å². The number of hydrogen-bond donors (Lipinski definition) is 8. The van der Waals surface area contributed by atoms with Gasteiger partial charge in [-0.3, -0.25) is 28.3 Å². The zero-order valence-electron chi connectivity index (χ0n) is 25.3. The fraction of sp³-hybridized carbons (Fsp3) is 0.429. The monoisotopic (exact) mass is 727 g/mol. The third-order valence-corrected chi connectivity index (χ3v) is 8.86. The minimum Gasteiger partial charge on any atom is -0.481 e. The van der Waals surface area contributed by atoms with Crippen molar-refractivity contribution in [3.63, 3.8) is 0 Å². The Balaban J connectivity index is 2.24. The molecule has 2 atom stereocenters. The van der Waals surface area contributed by atoms with Crippen LogP contribution in [0.1, 0.15) is 54.9 Å². The summed E-state index contributed by atoms with van der Waals surface area (Å²) in [6.45, 7) is 2.11. The van der Waals surface area contributed by atoms with Gasteiger partial charge in [-0.1, -0.05) is 68.3 Å². The molecule has 0 aliphatic carbocycles. The molecule has 48 heavy (non-hydrogen) atoms. The molecule has 0 heterocycles. The highest BCUT2D eigenvalue weighted by atomic mass is 31.2. The number of halogens is 4. The molecule has 0 saturated carbocycles. The third-order valence-electron chi connectivity index (χ3n) is 6.88. The first kappa shape index (κ1) is 40.5. The van der Waals surface area contributed by atoms with Crippen LogP contribution in [0.25, 0.3) is 0 Å². The number of carbonyl (C=O) groups excluding carboxylic acids is 3. The molecule has 2 aromatic rings. The van der Waals surface area contributed by atoms with Crippen LogP contribution in [0.5, 0.6) is 0 Å². The van der Waals surface area contributed by atoms with Crippen LogP contribution in [0, 0.1) is 0 Å². The smallest absolute Gasteiger partial charge is 0.399 e. The Morgan fingerprint density at radius 3 is 1.65 bits per heavy atom. The lowest BCUT2D eigenvalue weighted by molar-refractivity contribution is -0.141. The number of carbonyl (C=O) groups is 4. The van der Waals surface area contributed by atoms with Gasteiger partial charge >= 0.3 is 32.5 Å². The lowest BCUT2D eigenvalue weighted by Crippen LogP contribution is -2.55. The van der Waals surface area contributed by atoms with Crippen LogP contribution in [0.2, 0.25) is 0 Å². The Labute approximate surface area is 271 Å². The van der Waals surface area contributed by atoms with E-state index in [1.165, 1.54) is 0 Å². The highest BCUT2D eigenvalue weighted by molar-refractivity contribution is 7.52. The van der Waals surface area contributed by atoms with Gasteiger partial charge < -0.3 is 40.6 Å². The van der Waals surface area contributed by atoms with Gasteiger partial charge in [0.25, 0.3) is 0 Å². The molecule has 1 unspecified atom stereocenters. The molecule has 3 amide bonds. The number of carboxylic acids is 1. The van der Waals surface area contributed by atoms with Gasteiger partial charge in [-0.15, -0.1) is 0 Å².